The average molecular weight is 315 g/mol. The Hall–Kier alpha value is -0.580. The van der Waals surface area contributed by atoms with Crippen molar-refractivity contribution in [3.05, 3.63) is 28.2 Å². The molecule has 0 heterocycles. The molecule has 1 aromatic rings. The van der Waals surface area contributed by atoms with E-state index >= 15 is 0 Å². The van der Waals surface area contributed by atoms with E-state index in [-0.39, 0.29) is 12.6 Å². The second-order valence-corrected chi connectivity index (χ2v) is 5.87. The summed E-state index contributed by atoms with van der Waals surface area (Å²) in [5.41, 5.74) is 2.40. The minimum Gasteiger partial charge on any atom is -0.394 e. The van der Waals surface area contributed by atoms with Crippen LogP contribution in [0.15, 0.2) is 22.7 Å². The number of nitrogens with one attached hydrogen (secondary N) is 1. The normalized spacial score (nSPS) is 12.8. The fraction of sp³-hybridized carbons (Fsp3) is 0.571. The van der Waals surface area contributed by atoms with Gasteiger partial charge in [0.15, 0.2) is 0 Å². The predicted molar refractivity (Wildman–Crippen MR) is 81.1 cm³/mol. The van der Waals surface area contributed by atoms with Crippen molar-refractivity contribution in [3.63, 3.8) is 0 Å². The molecule has 1 rings (SSSR count). The third-order valence-electron chi connectivity index (χ3n) is 3.05. The van der Waals surface area contributed by atoms with Gasteiger partial charge in [-0.05, 0) is 24.6 Å². The molecule has 0 fully saturated rings. The van der Waals surface area contributed by atoms with Crippen LogP contribution in [0, 0.1) is 0 Å². The van der Waals surface area contributed by atoms with E-state index in [1.54, 1.807) is 0 Å². The molecular weight excluding hydrogens is 292 g/mol. The van der Waals surface area contributed by atoms with Crippen LogP contribution in [-0.2, 0) is 6.54 Å². The van der Waals surface area contributed by atoms with E-state index in [0.29, 0.717) is 6.04 Å². The van der Waals surface area contributed by atoms with Crippen molar-refractivity contribution in [2.75, 3.05) is 18.6 Å². The van der Waals surface area contributed by atoms with E-state index in [4.69, 9.17) is 0 Å². The highest BCUT2D eigenvalue weighted by molar-refractivity contribution is 9.10. The van der Waals surface area contributed by atoms with Gasteiger partial charge in [0.2, 0.25) is 0 Å². The third-order valence-corrected chi connectivity index (χ3v) is 3.55. The van der Waals surface area contributed by atoms with Crippen LogP contribution < -0.4 is 10.2 Å². The van der Waals surface area contributed by atoms with Crippen LogP contribution in [0.3, 0.4) is 0 Å². The number of nitrogens with zero attached hydrogens (tertiary/aromatic N) is 1. The highest BCUT2D eigenvalue weighted by atomic mass is 79.9. The molecule has 1 unspecified atom stereocenters. The average Bonchev–Trinajstić information content (AvgIpc) is 2.35. The van der Waals surface area contributed by atoms with Gasteiger partial charge in [0, 0.05) is 35.8 Å². The maximum absolute atomic E-state index is 9.28. The third kappa shape index (κ3) is 4.26. The van der Waals surface area contributed by atoms with E-state index in [1.807, 2.05) is 14.0 Å². The number of aliphatic hydroxyl groups is 1. The van der Waals surface area contributed by atoms with Crippen molar-refractivity contribution in [1.82, 2.24) is 5.32 Å². The summed E-state index contributed by atoms with van der Waals surface area (Å²) in [6.45, 7) is 7.28. The molecule has 102 valence electrons. The van der Waals surface area contributed by atoms with Gasteiger partial charge in [-0.3, -0.25) is 0 Å². The van der Waals surface area contributed by atoms with E-state index in [2.05, 4.69) is 58.2 Å². The second-order valence-electron chi connectivity index (χ2n) is 4.95. The van der Waals surface area contributed by atoms with Crippen molar-refractivity contribution in [1.29, 1.82) is 0 Å². The fourth-order valence-electron chi connectivity index (χ4n) is 1.69. The Morgan fingerprint density at radius 2 is 2.00 bits per heavy atom. The molecular formula is C14H23BrN2O. The van der Waals surface area contributed by atoms with Gasteiger partial charge in [0.1, 0.15) is 0 Å². The van der Waals surface area contributed by atoms with Crippen molar-refractivity contribution in [2.45, 2.75) is 39.4 Å². The predicted octanol–water partition coefficient (Wildman–Crippen LogP) is 2.76. The Labute approximate surface area is 118 Å². The van der Waals surface area contributed by atoms with Gasteiger partial charge >= 0.3 is 0 Å². The Balaban J connectivity index is 2.95. The molecule has 0 saturated carbocycles. The summed E-state index contributed by atoms with van der Waals surface area (Å²) >= 11 is 3.51. The molecule has 0 bridgehead atoms. The van der Waals surface area contributed by atoms with Crippen LogP contribution in [-0.4, -0.2) is 30.8 Å². The first-order valence-corrected chi connectivity index (χ1v) is 7.10. The van der Waals surface area contributed by atoms with E-state index < -0.39 is 0 Å². The molecule has 2 N–H and O–H groups in total. The molecule has 0 saturated heterocycles. The first-order valence-electron chi connectivity index (χ1n) is 6.31. The SMILES string of the molecule is CC(C)NCc1ccc(Br)cc1N(C)C(C)CO. The van der Waals surface area contributed by atoms with Crippen LogP contribution >= 0.6 is 15.9 Å². The molecule has 1 atom stereocenters. The minimum absolute atomic E-state index is 0.108. The van der Waals surface area contributed by atoms with Gasteiger partial charge in [-0.25, -0.2) is 0 Å². The monoisotopic (exact) mass is 314 g/mol. The van der Waals surface area contributed by atoms with Gasteiger partial charge < -0.3 is 15.3 Å². The van der Waals surface area contributed by atoms with E-state index in [1.165, 1.54) is 5.56 Å². The number of aliphatic hydroxyl groups excluding tert-OH is 1. The van der Waals surface area contributed by atoms with Crippen LogP contribution in [0.1, 0.15) is 26.3 Å². The van der Waals surface area contributed by atoms with Crippen molar-refractivity contribution < 1.29 is 5.11 Å². The van der Waals surface area contributed by atoms with Gasteiger partial charge in [0.05, 0.1) is 6.61 Å². The fourth-order valence-corrected chi connectivity index (χ4v) is 2.04. The van der Waals surface area contributed by atoms with Gasteiger partial charge in [0.25, 0.3) is 0 Å². The molecule has 1 aromatic carbocycles. The first kappa shape index (κ1) is 15.5. The largest absolute Gasteiger partial charge is 0.394 e. The number of anilines is 1. The summed E-state index contributed by atoms with van der Waals surface area (Å²) in [5.74, 6) is 0. The van der Waals surface area contributed by atoms with Crippen molar-refractivity contribution in [3.8, 4) is 0 Å². The zero-order chi connectivity index (χ0) is 13.7. The topological polar surface area (TPSA) is 35.5 Å². The quantitative estimate of drug-likeness (QED) is 0.847. The summed E-state index contributed by atoms with van der Waals surface area (Å²) in [5, 5.41) is 12.7. The lowest BCUT2D eigenvalue weighted by atomic mass is 10.1. The Morgan fingerprint density at radius 3 is 2.56 bits per heavy atom. The molecule has 0 aliphatic carbocycles. The Bertz CT molecular complexity index is 382. The summed E-state index contributed by atoms with van der Waals surface area (Å²) < 4.78 is 1.06. The summed E-state index contributed by atoms with van der Waals surface area (Å²) in [6, 6.07) is 6.84. The summed E-state index contributed by atoms with van der Waals surface area (Å²) in [7, 11) is 2.02. The number of hydrogen-bond donors (Lipinski definition) is 2. The lowest BCUT2D eigenvalue weighted by Crippen LogP contribution is -2.33. The highest BCUT2D eigenvalue weighted by Gasteiger charge is 2.13. The van der Waals surface area contributed by atoms with Crippen molar-refractivity contribution in [2.24, 2.45) is 0 Å². The van der Waals surface area contributed by atoms with Crippen LogP contribution in [0.5, 0.6) is 0 Å². The van der Waals surface area contributed by atoms with Crippen LogP contribution in [0.25, 0.3) is 0 Å². The summed E-state index contributed by atoms with van der Waals surface area (Å²) in [4.78, 5) is 2.11. The summed E-state index contributed by atoms with van der Waals surface area (Å²) in [6.07, 6.45) is 0. The molecule has 0 aliphatic heterocycles. The zero-order valence-corrected chi connectivity index (χ0v) is 13.2. The standard InChI is InChI=1S/C14H23BrN2O/c1-10(2)16-8-12-5-6-13(15)7-14(12)17(4)11(3)9-18/h5-7,10-11,16,18H,8-9H2,1-4H3. The van der Waals surface area contributed by atoms with Gasteiger partial charge in [-0.15, -0.1) is 0 Å². The van der Waals surface area contributed by atoms with E-state index in [9.17, 15) is 5.11 Å². The molecule has 18 heavy (non-hydrogen) atoms. The smallest absolute Gasteiger partial charge is 0.0632 e. The number of likely N-dealkylation sites (N-methyl/N-ethyl adjacent to an activating group) is 1. The molecule has 4 heteroatoms. The highest BCUT2D eigenvalue weighted by Crippen LogP contribution is 2.25. The molecule has 0 aliphatic rings. The Kier molecular flexibility index (Phi) is 6.12. The maximum Gasteiger partial charge on any atom is 0.0632 e. The molecule has 3 nitrogen and oxygen atoms in total. The maximum atomic E-state index is 9.28. The van der Waals surface area contributed by atoms with E-state index in [0.717, 1.165) is 16.7 Å². The molecule has 0 spiro atoms. The van der Waals surface area contributed by atoms with Crippen molar-refractivity contribution >= 4 is 21.6 Å². The molecule has 0 aromatic heterocycles. The van der Waals surface area contributed by atoms with Crippen LogP contribution in [0.2, 0.25) is 0 Å². The number of halogens is 1. The second kappa shape index (κ2) is 7.12. The van der Waals surface area contributed by atoms with Crippen LogP contribution in [0.4, 0.5) is 5.69 Å². The minimum atomic E-state index is 0.108. The van der Waals surface area contributed by atoms with Gasteiger partial charge in [-0.2, -0.15) is 0 Å². The number of rotatable bonds is 6. The number of benzene rings is 1. The van der Waals surface area contributed by atoms with Gasteiger partial charge in [-0.1, -0.05) is 35.8 Å². The molecule has 0 amide bonds. The lowest BCUT2D eigenvalue weighted by Gasteiger charge is -2.28. The number of hydrogen-bond acceptors (Lipinski definition) is 3. The zero-order valence-electron chi connectivity index (χ0n) is 11.6. The molecule has 0 radical (unpaired) electrons. The lowest BCUT2D eigenvalue weighted by molar-refractivity contribution is 0.270. The Morgan fingerprint density at radius 1 is 1.33 bits per heavy atom. The first-order chi connectivity index (χ1) is 8.45.